The average Bonchev–Trinajstić information content (AvgIpc) is 2.60. The molecule has 0 saturated carbocycles. The minimum atomic E-state index is -0.433. The van der Waals surface area contributed by atoms with Gasteiger partial charge in [0, 0.05) is 18.0 Å². The van der Waals surface area contributed by atoms with Crippen molar-refractivity contribution in [2.45, 2.75) is 11.3 Å². The lowest BCUT2D eigenvalue weighted by Gasteiger charge is -2.14. The van der Waals surface area contributed by atoms with Gasteiger partial charge in [-0.2, -0.15) is 0 Å². The molecule has 1 aromatic rings. The fourth-order valence-electron chi connectivity index (χ4n) is 1.74. The predicted octanol–water partition coefficient (Wildman–Crippen LogP) is -0.258. The van der Waals surface area contributed by atoms with Crippen LogP contribution in [0.1, 0.15) is 6.04 Å². The summed E-state index contributed by atoms with van der Waals surface area (Å²) in [7, 11) is 0. The highest BCUT2D eigenvalue weighted by Crippen LogP contribution is 2.37. The van der Waals surface area contributed by atoms with Crippen molar-refractivity contribution in [3.8, 4) is 0 Å². The number of hydrogen-bond donors (Lipinski definition) is 2. The summed E-state index contributed by atoms with van der Waals surface area (Å²) < 4.78 is 1.45. The van der Waals surface area contributed by atoms with Gasteiger partial charge in [0.15, 0.2) is 0 Å². The molecule has 2 atom stereocenters. The van der Waals surface area contributed by atoms with Crippen molar-refractivity contribution in [2.75, 3.05) is 12.4 Å². The van der Waals surface area contributed by atoms with Gasteiger partial charge >= 0.3 is 5.69 Å². The number of thioether (sulfide) groups is 1. The number of nitrogens with one attached hydrogen (secondary N) is 1. The maximum atomic E-state index is 11.6. The number of nitrogens with zero attached hydrogens (tertiary/aromatic N) is 1. The second-order valence-electron chi connectivity index (χ2n) is 3.61. The molecule has 1 aliphatic heterocycles. The Morgan fingerprint density at radius 1 is 1.62 bits per heavy atom. The summed E-state index contributed by atoms with van der Waals surface area (Å²) in [6.07, 6.45) is 1.47. The standard InChI is InChI=1S/C10H12N2O3S/c1-6-7(5-16-8(6)4-13)12-3-2-9(14)11-10(12)15/h2-3,7-8,13H,1,4-5H2,(H,11,14,15)/t7-,8+/m1/s1. The Balaban J connectivity index is 2.36. The zero-order valence-corrected chi connectivity index (χ0v) is 9.37. The lowest BCUT2D eigenvalue weighted by molar-refractivity contribution is 0.302. The third-order valence-corrected chi connectivity index (χ3v) is 4.01. The quantitative estimate of drug-likeness (QED) is 0.698. The van der Waals surface area contributed by atoms with Crippen LogP contribution >= 0.6 is 11.8 Å². The van der Waals surface area contributed by atoms with Crippen LogP contribution in [0.4, 0.5) is 0 Å². The zero-order valence-electron chi connectivity index (χ0n) is 8.55. The van der Waals surface area contributed by atoms with Crippen LogP contribution in [0.3, 0.4) is 0 Å². The second kappa shape index (κ2) is 4.31. The number of aromatic amines is 1. The van der Waals surface area contributed by atoms with Gasteiger partial charge in [-0.3, -0.25) is 14.3 Å². The van der Waals surface area contributed by atoms with Crippen LogP contribution in [0.2, 0.25) is 0 Å². The molecule has 2 rings (SSSR count). The van der Waals surface area contributed by atoms with Crippen LogP contribution in [0.15, 0.2) is 34.0 Å². The van der Waals surface area contributed by atoms with Gasteiger partial charge in [0.05, 0.1) is 17.9 Å². The molecule has 0 aliphatic carbocycles. The molecule has 86 valence electrons. The van der Waals surface area contributed by atoms with E-state index in [2.05, 4.69) is 11.6 Å². The fraction of sp³-hybridized carbons (Fsp3) is 0.400. The molecule has 2 heterocycles. The smallest absolute Gasteiger partial charge is 0.328 e. The van der Waals surface area contributed by atoms with Gasteiger partial charge in [-0.25, -0.2) is 4.79 Å². The summed E-state index contributed by atoms with van der Waals surface area (Å²) in [5.74, 6) is 0.690. The van der Waals surface area contributed by atoms with Crippen molar-refractivity contribution < 1.29 is 5.11 Å². The topological polar surface area (TPSA) is 75.1 Å². The number of aromatic nitrogens is 2. The maximum absolute atomic E-state index is 11.6. The van der Waals surface area contributed by atoms with E-state index in [1.54, 1.807) is 11.8 Å². The molecule has 0 bridgehead atoms. The van der Waals surface area contributed by atoms with E-state index in [9.17, 15) is 9.59 Å². The van der Waals surface area contributed by atoms with Crippen molar-refractivity contribution in [3.05, 3.63) is 45.3 Å². The molecular formula is C10H12N2O3S. The highest BCUT2D eigenvalue weighted by molar-refractivity contribution is 8.00. The van der Waals surface area contributed by atoms with E-state index >= 15 is 0 Å². The minimum absolute atomic E-state index is 0.0242. The van der Waals surface area contributed by atoms with E-state index in [1.807, 2.05) is 0 Å². The van der Waals surface area contributed by atoms with Crippen molar-refractivity contribution in [2.24, 2.45) is 0 Å². The number of hydrogen-bond acceptors (Lipinski definition) is 4. The van der Waals surface area contributed by atoms with Gasteiger partial charge in [0.1, 0.15) is 0 Å². The van der Waals surface area contributed by atoms with Gasteiger partial charge in [-0.15, -0.1) is 11.8 Å². The molecule has 0 amide bonds. The van der Waals surface area contributed by atoms with Crippen LogP contribution in [0.5, 0.6) is 0 Å². The van der Waals surface area contributed by atoms with Crippen molar-refractivity contribution in [3.63, 3.8) is 0 Å². The second-order valence-corrected chi connectivity index (χ2v) is 4.85. The average molecular weight is 240 g/mol. The molecule has 1 aliphatic rings. The van der Waals surface area contributed by atoms with Gasteiger partial charge in [-0.05, 0) is 5.57 Å². The van der Waals surface area contributed by atoms with Crippen LogP contribution in [0.25, 0.3) is 0 Å². The Morgan fingerprint density at radius 2 is 2.38 bits per heavy atom. The number of rotatable bonds is 2. The Kier molecular flexibility index (Phi) is 3.02. The molecular weight excluding hydrogens is 228 g/mol. The van der Waals surface area contributed by atoms with Crippen molar-refractivity contribution >= 4 is 11.8 Å². The van der Waals surface area contributed by atoms with Crippen LogP contribution in [0, 0.1) is 0 Å². The highest BCUT2D eigenvalue weighted by Gasteiger charge is 2.30. The summed E-state index contributed by atoms with van der Waals surface area (Å²) >= 11 is 1.57. The predicted molar refractivity (Wildman–Crippen MR) is 62.8 cm³/mol. The van der Waals surface area contributed by atoms with E-state index in [0.717, 1.165) is 5.57 Å². The molecule has 1 fully saturated rings. The largest absolute Gasteiger partial charge is 0.395 e. The summed E-state index contributed by atoms with van der Waals surface area (Å²) in [5, 5.41) is 9.06. The summed E-state index contributed by atoms with van der Waals surface area (Å²) in [4.78, 5) is 24.7. The first-order valence-corrected chi connectivity index (χ1v) is 5.91. The van der Waals surface area contributed by atoms with E-state index in [-0.39, 0.29) is 17.9 Å². The fourth-order valence-corrected chi connectivity index (χ4v) is 3.00. The molecule has 1 saturated heterocycles. The number of aliphatic hydroxyl groups excluding tert-OH is 1. The Bertz CT molecular complexity index is 519. The normalized spacial score (nSPS) is 24.9. The molecule has 2 N–H and O–H groups in total. The molecule has 5 nitrogen and oxygen atoms in total. The molecule has 0 unspecified atom stereocenters. The summed E-state index contributed by atoms with van der Waals surface area (Å²) in [5.41, 5.74) is -0.0179. The molecule has 1 aromatic heterocycles. The lowest BCUT2D eigenvalue weighted by atomic mass is 10.1. The lowest BCUT2D eigenvalue weighted by Crippen LogP contribution is -2.32. The van der Waals surface area contributed by atoms with Gasteiger partial charge in [0.2, 0.25) is 0 Å². The van der Waals surface area contributed by atoms with E-state index < -0.39 is 11.2 Å². The van der Waals surface area contributed by atoms with E-state index in [1.165, 1.54) is 16.8 Å². The minimum Gasteiger partial charge on any atom is -0.395 e. The summed E-state index contributed by atoms with van der Waals surface area (Å²) in [6, 6.07) is 1.16. The molecule has 6 heteroatoms. The Labute approximate surface area is 95.8 Å². The first kappa shape index (κ1) is 11.2. The van der Waals surface area contributed by atoms with Crippen LogP contribution in [-0.2, 0) is 0 Å². The summed E-state index contributed by atoms with van der Waals surface area (Å²) in [6.45, 7) is 3.92. The number of H-pyrrole nitrogens is 1. The van der Waals surface area contributed by atoms with Crippen molar-refractivity contribution in [1.82, 2.24) is 9.55 Å². The van der Waals surface area contributed by atoms with Crippen molar-refractivity contribution in [1.29, 1.82) is 0 Å². The Hall–Kier alpha value is -1.27. The van der Waals surface area contributed by atoms with Crippen LogP contribution < -0.4 is 11.2 Å². The molecule has 0 aromatic carbocycles. The monoisotopic (exact) mass is 240 g/mol. The van der Waals surface area contributed by atoms with E-state index in [0.29, 0.717) is 5.75 Å². The molecule has 0 radical (unpaired) electrons. The Morgan fingerprint density at radius 3 is 2.94 bits per heavy atom. The third-order valence-electron chi connectivity index (χ3n) is 2.65. The SMILES string of the molecule is C=C1[C@H](CO)SC[C@H]1n1ccc(=O)[nH]c1=O. The first-order chi connectivity index (χ1) is 7.63. The van der Waals surface area contributed by atoms with Gasteiger partial charge < -0.3 is 5.11 Å². The van der Waals surface area contributed by atoms with Crippen LogP contribution in [-0.4, -0.2) is 32.3 Å². The molecule has 16 heavy (non-hydrogen) atoms. The van der Waals surface area contributed by atoms with Gasteiger partial charge in [0.25, 0.3) is 5.56 Å². The zero-order chi connectivity index (χ0) is 11.7. The third kappa shape index (κ3) is 1.85. The van der Waals surface area contributed by atoms with Gasteiger partial charge in [-0.1, -0.05) is 6.58 Å². The maximum Gasteiger partial charge on any atom is 0.328 e. The van der Waals surface area contributed by atoms with E-state index in [4.69, 9.17) is 5.11 Å². The highest BCUT2D eigenvalue weighted by atomic mass is 32.2. The number of aliphatic hydroxyl groups is 1. The first-order valence-electron chi connectivity index (χ1n) is 4.86. The molecule has 0 spiro atoms.